The number of oxazole rings is 1. The maximum absolute atomic E-state index is 11.7. The van der Waals surface area contributed by atoms with Crippen LogP contribution in [0.3, 0.4) is 0 Å². The fourth-order valence-electron chi connectivity index (χ4n) is 2.47. The molecule has 1 N–H and O–H groups in total. The molecule has 0 spiro atoms. The average Bonchev–Trinajstić information content (AvgIpc) is 2.68. The molecule has 1 saturated heterocycles. The number of sulfonamides is 1. The molecule has 0 aliphatic carbocycles. The van der Waals surface area contributed by atoms with Gasteiger partial charge in [-0.1, -0.05) is 0 Å². The Labute approximate surface area is 114 Å². The molecule has 1 aliphatic heterocycles. The molecule has 0 radical (unpaired) electrons. The zero-order valence-corrected chi connectivity index (χ0v) is 12.5. The number of rotatable bonds is 4. The summed E-state index contributed by atoms with van der Waals surface area (Å²) < 4.78 is 31.3. The number of aryl methyl sites for hydroxylation is 2. The van der Waals surface area contributed by atoms with E-state index < -0.39 is 10.0 Å². The molecular weight excluding hydrogens is 266 g/mol. The predicted octanol–water partition coefficient (Wildman–Crippen LogP) is 0.805. The lowest BCUT2D eigenvalue weighted by Crippen LogP contribution is -2.42. The number of piperidine rings is 1. The van der Waals surface area contributed by atoms with Crippen molar-refractivity contribution < 1.29 is 12.8 Å². The van der Waals surface area contributed by atoms with E-state index in [-0.39, 0.29) is 5.25 Å². The van der Waals surface area contributed by atoms with Crippen LogP contribution in [-0.4, -0.2) is 43.7 Å². The van der Waals surface area contributed by atoms with Crippen molar-refractivity contribution in [3.63, 3.8) is 0 Å². The van der Waals surface area contributed by atoms with Crippen LogP contribution in [0.25, 0.3) is 0 Å². The molecule has 1 aromatic rings. The van der Waals surface area contributed by atoms with E-state index >= 15 is 0 Å². The van der Waals surface area contributed by atoms with Crippen LogP contribution in [0.5, 0.6) is 0 Å². The third kappa shape index (κ3) is 3.34. The summed E-state index contributed by atoms with van der Waals surface area (Å²) in [4.78, 5) is 6.58. The molecule has 1 fully saturated rings. The van der Waals surface area contributed by atoms with Crippen LogP contribution in [0.1, 0.15) is 30.2 Å². The first-order valence-corrected chi connectivity index (χ1v) is 8.04. The molecule has 1 aromatic heterocycles. The first-order chi connectivity index (χ1) is 8.92. The van der Waals surface area contributed by atoms with E-state index in [1.807, 2.05) is 13.8 Å². The molecule has 1 aliphatic rings. The van der Waals surface area contributed by atoms with E-state index in [1.165, 1.54) is 7.05 Å². The van der Waals surface area contributed by atoms with Crippen molar-refractivity contribution in [2.24, 2.45) is 0 Å². The molecule has 0 saturated carbocycles. The van der Waals surface area contributed by atoms with Crippen LogP contribution in [0.4, 0.5) is 0 Å². The normalized spacial score (nSPS) is 18.9. The summed E-state index contributed by atoms with van der Waals surface area (Å²) in [5.74, 6) is 1.53. The number of nitrogens with zero attached hydrogens (tertiary/aromatic N) is 2. The third-order valence-electron chi connectivity index (χ3n) is 3.63. The number of aromatic nitrogens is 1. The summed E-state index contributed by atoms with van der Waals surface area (Å²) in [5, 5.41) is -0.270. The van der Waals surface area contributed by atoms with Crippen molar-refractivity contribution in [3.8, 4) is 0 Å². The topological polar surface area (TPSA) is 75.4 Å². The lowest BCUT2D eigenvalue weighted by Gasteiger charge is -2.30. The molecule has 2 heterocycles. The lowest BCUT2D eigenvalue weighted by atomic mass is 10.1. The minimum atomic E-state index is -3.13. The number of hydrogen-bond acceptors (Lipinski definition) is 5. The van der Waals surface area contributed by atoms with Gasteiger partial charge in [0.1, 0.15) is 5.76 Å². The van der Waals surface area contributed by atoms with Crippen LogP contribution in [-0.2, 0) is 16.6 Å². The highest BCUT2D eigenvalue weighted by Crippen LogP contribution is 2.19. The Balaban J connectivity index is 1.92. The summed E-state index contributed by atoms with van der Waals surface area (Å²) in [6.07, 6.45) is 1.33. The molecule has 0 amide bonds. The maximum Gasteiger partial charge on any atom is 0.214 e. The van der Waals surface area contributed by atoms with E-state index in [2.05, 4.69) is 14.6 Å². The van der Waals surface area contributed by atoms with E-state index in [1.54, 1.807) is 0 Å². The van der Waals surface area contributed by atoms with Gasteiger partial charge in [0.15, 0.2) is 5.89 Å². The van der Waals surface area contributed by atoms with Crippen LogP contribution < -0.4 is 4.72 Å². The van der Waals surface area contributed by atoms with Gasteiger partial charge in [-0.15, -0.1) is 0 Å². The van der Waals surface area contributed by atoms with Gasteiger partial charge < -0.3 is 4.42 Å². The van der Waals surface area contributed by atoms with E-state index in [9.17, 15) is 8.42 Å². The molecule has 0 unspecified atom stereocenters. The fourth-order valence-corrected chi connectivity index (χ4v) is 3.64. The summed E-state index contributed by atoms with van der Waals surface area (Å²) in [6.45, 7) is 6.03. The number of nitrogens with one attached hydrogen (secondary N) is 1. The van der Waals surface area contributed by atoms with Gasteiger partial charge in [0.05, 0.1) is 10.9 Å². The molecule has 6 nitrogen and oxygen atoms in total. The molecule has 0 aromatic carbocycles. The molecule has 0 atom stereocenters. The lowest BCUT2D eigenvalue weighted by molar-refractivity contribution is 0.218. The van der Waals surface area contributed by atoms with Crippen LogP contribution >= 0.6 is 0 Å². The third-order valence-corrected chi connectivity index (χ3v) is 5.55. The van der Waals surface area contributed by atoms with Gasteiger partial charge in [-0.3, -0.25) is 4.90 Å². The highest BCUT2D eigenvalue weighted by atomic mass is 32.2. The fraction of sp³-hybridized carbons (Fsp3) is 0.750. The molecule has 0 bridgehead atoms. The van der Waals surface area contributed by atoms with Crippen LogP contribution in [0.15, 0.2) is 4.42 Å². The van der Waals surface area contributed by atoms with Crippen LogP contribution in [0.2, 0.25) is 0 Å². The summed E-state index contributed by atoms with van der Waals surface area (Å²) in [7, 11) is -1.66. The largest absolute Gasteiger partial charge is 0.446 e. The van der Waals surface area contributed by atoms with Crippen molar-refractivity contribution in [1.82, 2.24) is 14.6 Å². The summed E-state index contributed by atoms with van der Waals surface area (Å²) in [6, 6.07) is 0. The predicted molar refractivity (Wildman–Crippen MR) is 72.3 cm³/mol. The zero-order chi connectivity index (χ0) is 14.0. The van der Waals surface area contributed by atoms with Gasteiger partial charge in [-0.25, -0.2) is 18.1 Å². The van der Waals surface area contributed by atoms with E-state index in [4.69, 9.17) is 4.42 Å². The molecule has 19 heavy (non-hydrogen) atoms. The minimum Gasteiger partial charge on any atom is -0.446 e. The zero-order valence-electron chi connectivity index (χ0n) is 11.6. The summed E-state index contributed by atoms with van der Waals surface area (Å²) in [5.41, 5.74) is 0.951. The van der Waals surface area contributed by atoms with Crippen molar-refractivity contribution in [3.05, 3.63) is 17.3 Å². The standard InChI is InChI=1S/C12H21N3O3S/c1-9-12(14-10(2)18-9)8-15-6-4-11(5-7-15)19(16,17)13-3/h11,13H,4-8H2,1-3H3. The Morgan fingerprint density at radius 3 is 2.47 bits per heavy atom. The minimum absolute atomic E-state index is 0.270. The van der Waals surface area contributed by atoms with Crippen molar-refractivity contribution >= 4 is 10.0 Å². The van der Waals surface area contributed by atoms with Crippen molar-refractivity contribution in [2.45, 2.75) is 38.5 Å². The second kappa shape index (κ2) is 5.60. The maximum atomic E-state index is 11.7. The van der Waals surface area contributed by atoms with Gasteiger partial charge in [0, 0.05) is 13.5 Å². The summed E-state index contributed by atoms with van der Waals surface area (Å²) >= 11 is 0. The van der Waals surface area contributed by atoms with Gasteiger partial charge in [-0.05, 0) is 39.9 Å². The molecule has 2 rings (SSSR count). The monoisotopic (exact) mass is 287 g/mol. The van der Waals surface area contributed by atoms with Gasteiger partial charge in [0.25, 0.3) is 0 Å². The van der Waals surface area contributed by atoms with Crippen molar-refractivity contribution in [1.29, 1.82) is 0 Å². The Morgan fingerprint density at radius 1 is 1.37 bits per heavy atom. The van der Waals surface area contributed by atoms with Gasteiger partial charge >= 0.3 is 0 Å². The molecule has 7 heteroatoms. The number of likely N-dealkylation sites (tertiary alicyclic amines) is 1. The Morgan fingerprint density at radius 2 is 2.00 bits per heavy atom. The highest BCUT2D eigenvalue weighted by molar-refractivity contribution is 7.90. The first-order valence-electron chi connectivity index (χ1n) is 6.50. The Bertz CT molecular complexity index is 530. The quantitative estimate of drug-likeness (QED) is 0.886. The first kappa shape index (κ1) is 14.5. The van der Waals surface area contributed by atoms with Gasteiger partial charge in [0.2, 0.25) is 10.0 Å². The molecular formula is C12H21N3O3S. The average molecular weight is 287 g/mol. The van der Waals surface area contributed by atoms with Crippen molar-refractivity contribution in [2.75, 3.05) is 20.1 Å². The van der Waals surface area contributed by atoms with E-state index in [0.29, 0.717) is 18.7 Å². The van der Waals surface area contributed by atoms with Gasteiger partial charge in [-0.2, -0.15) is 0 Å². The highest BCUT2D eigenvalue weighted by Gasteiger charge is 2.29. The molecule has 108 valence electrons. The second-order valence-electron chi connectivity index (χ2n) is 4.96. The number of hydrogen-bond donors (Lipinski definition) is 1. The Hall–Kier alpha value is -0.920. The van der Waals surface area contributed by atoms with E-state index in [0.717, 1.165) is 31.1 Å². The van der Waals surface area contributed by atoms with Crippen LogP contribution in [0, 0.1) is 13.8 Å². The Kier molecular flexibility index (Phi) is 4.27. The second-order valence-corrected chi connectivity index (χ2v) is 7.13. The smallest absolute Gasteiger partial charge is 0.214 e. The SMILES string of the molecule is CNS(=O)(=O)C1CCN(Cc2nc(C)oc2C)CC1.